The maximum atomic E-state index is 12.5. The van der Waals surface area contributed by atoms with Crippen LogP contribution in [0.4, 0.5) is 0 Å². The molecule has 0 atom stereocenters. The van der Waals surface area contributed by atoms with Gasteiger partial charge >= 0.3 is 0 Å². The van der Waals surface area contributed by atoms with Gasteiger partial charge in [-0.05, 0) is 24.6 Å². The topological polar surface area (TPSA) is 61.9 Å². The summed E-state index contributed by atoms with van der Waals surface area (Å²) in [6.45, 7) is 6.27. The van der Waals surface area contributed by atoms with Crippen LogP contribution in [0.2, 0.25) is 0 Å². The predicted molar refractivity (Wildman–Crippen MR) is 88.2 cm³/mol. The minimum Gasteiger partial charge on any atom is -0.380 e. The number of hydrogen-bond donors (Lipinski definition) is 1. The van der Waals surface area contributed by atoms with Gasteiger partial charge in [0.25, 0.3) is 5.91 Å². The van der Waals surface area contributed by atoms with Gasteiger partial charge in [-0.15, -0.1) is 0 Å². The van der Waals surface area contributed by atoms with Gasteiger partial charge in [-0.2, -0.15) is 0 Å². The Kier molecular flexibility index (Phi) is 6.55. The van der Waals surface area contributed by atoms with E-state index in [9.17, 15) is 9.59 Å². The zero-order valence-electron chi connectivity index (χ0n) is 13.9. The molecule has 2 rings (SSSR count). The standard InChI is InChI=1S/C17H25N3O3/c1-3-18-16(21)12-19-8-10-20(11-9-19)17(22)15-6-4-14(5-7-15)13-23-2/h4-7H,3,8-13H2,1-2H3,(H,18,21). The van der Waals surface area contributed by atoms with E-state index in [-0.39, 0.29) is 11.8 Å². The maximum absolute atomic E-state index is 12.5. The lowest BCUT2D eigenvalue weighted by Crippen LogP contribution is -2.51. The first-order chi connectivity index (χ1) is 11.1. The molecule has 1 saturated heterocycles. The van der Waals surface area contributed by atoms with Crippen molar-refractivity contribution < 1.29 is 14.3 Å². The summed E-state index contributed by atoms with van der Waals surface area (Å²) in [5.41, 5.74) is 1.75. The minimum absolute atomic E-state index is 0.0426. The van der Waals surface area contributed by atoms with Crippen LogP contribution in [-0.2, 0) is 16.1 Å². The number of rotatable bonds is 6. The average Bonchev–Trinajstić information content (AvgIpc) is 2.56. The SMILES string of the molecule is CCNC(=O)CN1CCN(C(=O)c2ccc(COC)cc2)CC1. The van der Waals surface area contributed by atoms with Crippen molar-refractivity contribution in [1.29, 1.82) is 0 Å². The Bertz CT molecular complexity index is 522. The molecule has 1 N–H and O–H groups in total. The predicted octanol–water partition coefficient (Wildman–Crippen LogP) is 0.727. The van der Waals surface area contributed by atoms with Gasteiger partial charge in [0.2, 0.25) is 5.91 Å². The van der Waals surface area contributed by atoms with E-state index < -0.39 is 0 Å². The summed E-state index contributed by atoms with van der Waals surface area (Å²) >= 11 is 0. The maximum Gasteiger partial charge on any atom is 0.253 e. The molecule has 1 aliphatic heterocycles. The summed E-state index contributed by atoms with van der Waals surface area (Å²) in [5, 5.41) is 2.80. The number of carbonyl (C=O) groups is 2. The van der Waals surface area contributed by atoms with Crippen molar-refractivity contribution in [3.63, 3.8) is 0 Å². The lowest BCUT2D eigenvalue weighted by Gasteiger charge is -2.34. The van der Waals surface area contributed by atoms with Crippen LogP contribution in [-0.4, -0.2) is 68.0 Å². The smallest absolute Gasteiger partial charge is 0.253 e. The second-order valence-electron chi connectivity index (χ2n) is 5.65. The first-order valence-electron chi connectivity index (χ1n) is 8.00. The van der Waals surface area contributed by atoms with Crippen LogP contribution in [0.3, 0.4) is 0 Å². The summed E-state index contributed by atoms with van der Waals surface area (Å²) < 4.78 is 5.07. The van der Waals surface area contributed by atoms with Gasteiger partial charge in [-0.25, -0.2) is 0 Å². The van der Waals surface area contributed by atoms with Crippen LogP contribution in [0.1, 0.15) is 22.8 Å². The largest absolute Gasteiger partial charge is 0.380 e. The fourth-order valence-corrected chi connectivity index (χ4v) is 2.66. The van der Waals surface area contributed by atoms with E-state index in [0.717, 1.165) is 18.7 Å². The van der Waals surface area contributed by atoms with Gasteiger partial charge in [0.15, 0.2) is 0 Å². The van der Waals surface area contributed by atoms with Gasteiger partial charge in [-0.1, -0.05) is 12.1 Å². The van der Waals surface area contributed by atoms with Gasteiger partial charge in [0.05, 0.1) is 13.2 Å². The highest BCUT2D eigenvalue weighted by Crippen LogP contribution is 2.11. The Hall–Kier alpha value is -1.92. The van der Waals surface area contributed by atoms with Gasteiger partial charge in [-0.3, -0.25) is 14.5 Å². The van der Waals surface area contributed by atoms with E-state index in [1.54, 1.807) is 7.11 Å². The first-order valence-corrected chi connectivity index (χ1v) is 8.00. The molecular weight excluding hydrogens is 294 g/mol. The third-order valence-electron chi connectivity index (χ3n) is 3.91. The Balaban J connectivity index is 1.84. The molecule has 0 bridgehead atoms. The van der Waals surface area contributed by atoms with E-state index in [1.807, 2.05) is 36.1 Å². The molecule has 1 aromatic carbocycles. The van der Waals surface area contributed by atoms with Gasteiger partial charge in [0.1, 0.15) is 0 Å². The number of amides is 2. The molecule has 0 unspecified atom stereocenters. The number of piperazine rings is 1. The summed E-state index contributed by atoms with van der Waals surface area (Å²) in [5.74, 6) is 0.0904. The summed E-state index contributed by atoms with van der Waals surface area (Å²) in [7, 11) is 1.65. The number of nitrogens with zero attached hydrogens (tertiary/aromatic N) is 2. The molecule has 23 heavy (non-hydrogen) atoms. The van der Waals surface area contributed by atoms with Crippen molar-refractivity contribution in [2.24, 2.45) is 0 Å². The zero-order chi connectivity index (χ0) is 16.7. The Morgan fingerprint density at radius 2 is 1.78 bits per heavy atom. The molecule has 126 valence electrons. The normalized spacial score (nSPS) is 15.5. The first kappa shape index (κ1) is 17.4. The van der Waals surface area contributed by atoms with Crippen molar-refractivity contribution >= 4 is 11.8 Å². The third kappa shape index (κ3) is 5.04. The van der Waals surface area contributed by atoms with Crippen molar-refractivity contribution in [3.8, 4) is 0 Å². The highest BCUT2D eigenvalue weighted by Gasteiger charge is 2.23. The van der Waals surface area contributed by atoms with Gasteiger partial charge in [0, 0.05) is 45.4 Å². The molecule has 0 spiro atoms. The number of nitrogens with one attached hydrogen (secondary N) is 1. The number of hydrogen-bond acceptors (Lipinski definition) is 4. The Labute approximate surface area is 137 Å². The Morgan fingerprint density at radius 3 is 2.35 bits per heavy atom. The lowest BCUT2D eigenvalue weighted by atomic mass is 10.1. The molecule has 1 aromatic rings. The third-order valence-corrected chi connectivity index (χ3v) is 3.91. The molecule has 0 saturated carbocycles. The highest BCUT2D eigenvalue weighted by molar-refractivity contribution is 5.94. The van der Waals surface area contributed by atoms with Crippen molar-refractivity contribution in [2.75, 3.05) is 46.4 Å². The number of likely N-dealkylation sites (N-methyl/N-ethyl adjacent to an activating group) is 1. The molecule has 0 aliphatic carbocycles. The van der Waals surface area contributed by atoms with Crippen LogP contribution in [0.5, 0.6) is 0 Å². The van der Waals surface area contributed by atoms with E-state index >= 15 is 0 Å². The number of benzene rings is 1. The molecule has 2 amide bonds. The Morgan fingerprint density at radius 1 is 1.13 bits per heavy atom. The molecule has 1 aliphatic rings. The average molecular weight is 319 g/mol. The van der Waals surface area contributed by atoms with E-state index in [1.165, 1.54) is 0 Å². The van der Waals surface area contributed by atoms with Crippen molar-refractivity contribution in [1.82, 2.24) is 15.1 Å². The quantitative estimate of drug-likeness (QED) is 0.839. The number of carbonyl (C=O) groups excluding carboxylic acids is 2. The second kappa shape index (κ2) is 8.64. The summed E-state index contributed by atoms with van der Waals surface area (Å²) in [6, 6.07) is 7.53. The van der Waals surface area contributed by atoms with Crippen molar-refractivity contribution in [2.45, 2.75) is 13.5 Å². The van der Waals surface area contributed by atoms with E-state index in [2.05, 4.69) is 10.2 Å². The number of methoxy groups -OCH3 is 1. The highest BCUT2D eigenvalue weighted by atomic mass is 16.5. The van der Waals surface area contributed by atoms with E-state index in [0.29, 0.717) is 38.3 Å². The van der Waals surface area contributed by atoms with E-state index in [4.69, 9.17) is 4.74 Å². The molecule has 0 radical (unpaired) electrons. The monoisotopic (exact) mass is 319 g/mol. The second-order valence-corrected chi connectivity index (χ2v) is 5.65. The van der Waals surface area contributed by atoms with Crippen LogP contribution in [0, 0.1) is 0 Å². The number of ether oxygens (including phenoxy) is 1. The van der Waals surface area contributed by atoms with Crippen LogP contribution in [0.15, 0.2) is 24.3 Å². The summed E-state index contributed by atoms with van der Waals surface area (Å²) in [6.07, 6.45) is 0. The van der Waals surface area contributed by atoms with Crippen LogP contribution in [0.25, 0.3) is 0 Å². The molecule has 0 aromatic heterocycles. The van der Waals surface area contributed by atoms with Crippen LogP contribution >= 0.6 is 0 Å². The van der Waals surface area contributed by atoms with Crippen molar-refractivity contribution in [3.05, 3.63) is 35.4 Å². The fourth-order valence-electron chi connectivity index (χ4n) is 2.66. The molecule has 1 heterocycles. The minimum atomic E-state index is 0.0426. The lowest BCUT2D eigenvalue weighted by molar-refractivity contribution is -0.122. The zero-order valence-corrected chi connectivity index (χ0v) is 13.9. The fraction of sp³-hybridized carbons (Fsp3) is 0.529. The molecule has 1 fully saturated rings. The van der Waals surface area contributed by atoms with Crippen LogP contribution < -0.4 is 5.32 Å². The molecular formula is C17H25N3O3. The molecule has 6 nitrogen and oxygen atoms in total. The molecule has 6 heteroatoms. The summed E-state index contributed by atoms with van der Waals surface area (Å²) in [4.78, 5) is 28.0. The van der Waals surface area contributed by atoms with Gasteiger partial charge < -0.3 is 15.0 Å².